The maximum absolute atomic E-state index is 12.3. The summed E-state index contributed by atoms with van der Waals surface area (Å²) in [5, 5.41) is 3.06. The van der Waals surface area contributed by atoms with Crippen LogP contribution in [-0.2, 0) is 11.2 Å². The first-order valence-corrected chi connectivity index (χ1v) is 8.71. The van der Waals surface area contributed by atoms with Crippen molar-refractivity contribution in [1.29, 1.82) is 0 Å². The van der Waals surface area contributed by atoms with Crippen LogP contribution in [0.5, 0.6) is 0 Å². The van der Waals surface area contributed by atoms with Crippen molar-refractivity contribution in [3.05, 3.63) is 35.9 Å². The number of rotatable bonds is 6. The summed E-state index contributed by atoms with van der Waals surface area (Å²) in [6, 6.07) is 10.3. The zero-order chi connectivity index (χ0) is 17.6. The fourth-order valence-electron chi connectivity index (χ4n) is 3.26. The number of hydrogen-bond donors (Lipinski definition) is 2. The zero-order valence-electron chi connectivity index (χ0n) is 14.8. The van der Waals surface area contributed by atoms with Crippen molar-refractivity contribution >= 4 is 11.9 Å². The highest BCUT2D eigenvalue weighted by Crippen LogP contribution is 2.22. The zero-order valence-corrected chi connectivity index (χ0v) is 14.8. The van der Waals surface area contributed by atoms with E-state index in [1.165, 1.54) is 5.56 Å². The summed E-state index contributed by atoms with van der Waals surface area (Å²) in [5.41, 5.74) is 6.53. The molecule has 0 saturated carbocycles. The number of nitrogens with zero attached hydrogens (tertiary/aromatic N) is 1. The van der Waals surface area contributed by atoms with Crippen LogP contribution in [0.15, 0.2) is 30.3 Å². The van der Waals surface area contributed by atoms with Crippen LogP contribution in [0, 0.1) is 11.3 Å². The largest absolute Gasteiger partial charge is 0.370 e. The lowest BCUT2D eigenvalue weighted by atomic mass is 9.86. The first-order valence-electron chi connectivity index (χ1n) is 8.71. The molecule has 1 heterocycles. The predicted octanol–water partition coefficient (Wildman–Crippen LogP) is 2.55. The van der Waals surface area contributed by atoms with Crippen molar-refractivity contribution in [3.63, 3.8) is 0 Å². The van der Waals surface area contributed by atoms with E-state index in [-0.39, 0.29) is 17.4 Å². The van der Waals surface area contributed by atoms with Crippen LogP contribution in [0.4, 0.5) is 4.79 Å². The molecule has 0 unspecified atom stereocenters. The number of benzene rings is 1. The van der Waals surface area contributed by atoms with E-state index in [0.717, 1.165) is 19.3 Å². The molecular formula is C19H29N3O2. The van der Waals surface area contributed by atoms with Crippen molar-refractivity contribution < 1.29 is 9.59 Å². The third kappa shape index (κ3) is 5.87. The predicted molar refractivity (Wildman–Crippen MR) is 95.4 cm³/mol. The Hall–Kier alpha value is -2.04. The number of piperidine rings is 1. The van der Waals surface area contributed by atoms with Crippen molar-refractivity contribution in [2.45, 2.75) is 39.5 Å². The van der Waals surface area contributed by atoms with Crippen LogP contribution in [0.25, 0.3) is 0 Å². The molecule has 0 aromatic heterocycles. The Bertz CT molecular complexity index is 549. The second-order valence-corrected chi connectivity index (χ2v) is 7.59. The molecule has 1 aliphatic rings. The molecule has 1 aliphatic heterocycles. The normalized spacial score (nSPS) is 16.0. The minimum atomic E-state index is -0.249. The van der Waals surface area contributed by atoms with Crippen molar-refractivity contribution in [2.24, 2.45) is 17.1 Å². The lowest BCUT2D eigenvalue weighted by Gasteiger charge is -2.33. The molecule has 0 spiro atoms. The highest BCUT2D eigenvalue weighted by atomic mass is 16.2. The average Bonchev–Trinajstić information content (AvgIpc) is 2.53. The van der Waals surface area contributed by atoms with Crippen LogP contribution >= 0.6 is 0 Å². The van der Waals surface area contributed by atoms with Crippen LogP contribution in [-0.4, -0.2) is 36.5 Å². The van der Waals surface area contributed by atoms with Crippen molar-refractivity contribution in [3.8, 4) is 0 Å². The van der Waals surface area contributed by atoms with Gasteiger partial charge in [-0.3, -0.25) is 4.79 Å². The van der Waals surface area contributed by atoms with Gasteiger partial charge >= 0.3 is 6.03 Å². The first kappa shape index (κ1) is 18.3. The number of primary amides is 1. The van der Waals surface area contributed by atoms with Gasteiger partial charge in [0.25, 0.3) is 0 Å². The molecule has 5 heteroatoms. The van der Waals surface area contributed by atoms with E-state index in [4.69, 9.17) is 5.73 Å². The van der Waals surface area contributed by atoms with Gasteiger partial charge in [0.15, 0.2) is 0 Å². The summed E-state index contributed by atoms with van der Waals surface area (Å²) in [4.78, 5) is 25.2. The fraction of sp³-hybridized carbons (Fsp3) is 0.579. The molecule has 5 nitrogen and oxygen atoms in total. The Labute approximate surface area is 144 Å². The Morgan fingerprint density at radius 3 is 2.42 bits per heavy atom. The van der Waals surface area contributed by atoms with E-state index >= 15 is 0 Å². The van der Waals surface area contributed by atoms with Gasteiger partial charge in [-0.15, -0.1) is 0 Å². The maximum atomic E-state index is 12.3. The number of nitrogens with one attached hydrogen (secondary N) is 1. The number of likely N-dealkylation sites (tertiary alicyclic amines) is 1. The Morgan fingerprint density at radius 2 is 1.83 bits per heavy atom. The Kier molecular flexibility index (Phi) is 6.23. The van der Waals surface area contributed by atoms with Gasteiger partial charge in [0.2, 0.25) is 5.91 Å². The second kappa shape index (κ2) is 8.18. The smallest absolute Gasteiger partial charge is 0.317 e. The van der Waals surface area contributed by atoms with E-state index < -0.39 is 0 Å². The van der Waals surface area contributed by atoms with Gasteiger partial charge in [-0.25, -0.2) is 4.79 Å². The van der Waals surface area contributed by atoms with Gasteiger partial charge < -0.3 is 16.0 Å². The molecule has 1 aromatic rings. The Morgan fingerprint density at radius 1 is 1.21 bits per heavy atom. The summed E-state index contributed by atoms with van der Waals surface area (Å²) in [7, 11) is 0. The first-order chi connectivity index (χ1) is 11.4. The lowest BCUT2D eigenvalue weighted by Crippen LogP contribution is -2.47. The van der Waals surface area contributed by atoms with Gasteiger partial charge in [0.05, 0.1) is 0 Å². The molecule has 0 radical (unpaired) electrons. The number of carbonyl (C=O) groups is 2. The van der Waals surface area contributed by atoms with E-state index in [1.807, 2.05) is 23.1 Å². The number of nitrogens with two attached hydrogens (primary N) is 1. The standard InChI is InChI=1S/C19H29N3O2/c1-19(2,13-16-6-4-3-5-7-16)14-21-18(24)22-10-8-15(9-11-22)12-17(20)23/h3-7,15H,8-14H2,1-2H3,(H2,20,23)(H,21,24). The topological polar surface area (TPSA) is 75.4 Å². The van der Waals surface area contributed by atoms with Crippen LogP contribution in [0.3, 0.4) is 0 Å². The number of carbonyl (C=O) groups excluding carboxylic acids is 2. The molecule has 0 atom stereocenters. The quantitative estimate of drug-likeness (QED) is 0.840. The summed E-state index contributed by atoms with van der Waals surface area (Å²) < 4.78 is 0. The molecule has 132 valence electrons. The molecule has 1 fully saturated rings. The maximum Gasteiger partial charge on any atom is 0.317 e. The second-order valence-electron chi connectivity index (χ2n) is 7.59. The summed E-state index contributed by atoms with van der Waals surface area (Å²) in [6.45, 7) is 6.37. The van der Waals surface area contributed by atoms with Crippen molar-refractivity contribution in [1.82, 2.24) is 10.2 Å². The number of urea groups is 1. The molecule has 24 heavy (non-hydrogen) atoms. The van der Waals surface area contributed by atoms with Gasteiger partial charge in [-0.1, -0.05) is 44.2 Å². The van der Waals surface area contributed by atoms with Gasteiger partial charge in [0, 0.05) is 26.1 Å². The molecule has 2 rings (SSSR count). The summed E-state index contributed by atoms with van der Waals surface area (Å²) in [5.74, 6) is 0.0710. The average molecular weight is 331 g/mol. The Balaban J connectivity index is 1.75. The van der Waals surface area contributed by atoms with E-state index in [2.05, 4.69) is 31.3 Å². The molecular weight excluding hydrogens is 302 g/mol. The van der Waals surface area contributed by atoms with Crippen LogP contribution in [0.2, 0.25) is 0 Å². The summed E-state index contributed by atoms with van der Waals surface area (Å²) in [6.07, 6.45) is 3.06. The van der Waals surface area contributed by atoms with Crippen molar-refractivity contribution in [2.75, 3.05) is 19.6 Å². The molecule has 3 N–H and O–H groups in total. The lowest BCUT2D eigenvalue weighted by molar-refractivity contribution is -0.119. The highest BCUT2D eigenvalue weighted by molar-refractivity contribution is 5.75. The summed E-state index contributed by atoms with van der Waals surface area (Å²) >= 11 is 0. The van der Waals surface area contributed by atoms with Gasteiger partial charge in [-0.2, -0.15) is 0 Å². The van der Waals surface area contributed by atoms with E-state index in [0.29, 0.717) is 32.0 Å². The number of amides is 3. The van der Waals surface area contributed by atoms with Crippen LogP contribution in [0.1, 0.15) is 38.7 Å². The fourth-order valence-corrected chi connectivity index (χ4v) is 3.26. The van der Waals surface area contributed by atoms with E-state index in [1.54, 1.807) is 0 Å². The van der Waals surface area contributed by atoms with Crippen LogP contribution < -0.4 is 11.1 Å². The minimum absolute atomic E-state index is 0.00129. The van der Waals surface area contributed by atoms with Gasteiger partial charge in [0.1, 0.15) is 0 Å². The monoisotopic (exact) mass is 331 g/mol. The molecule has 1 saturated heterocycles. The van der Waals surface area contributed by atoms with Gasteiger partial charge in [-0.05, 0) is 36.2 Å². The van der Waals surface area contributed by atoms with E-state index in [9.17, 15) is 9.59 Å². The minimum Gasteiger partial charge on any atom is -0.370 e. The molecule has 0 aliphatic carbocycles. The molecule has 0 bridgehead atoms. The SMILES string of the molecule is CC(C)(CNC(=O)N1CCC(CC(N)=O)CC1)Cc1ccccc1. The third-order valence-electron chi connectivity index (χ3n) is 4.64. The highest BCUT2D eigenvalue weighted by Gasteiger charge is 2.25. The molecule has 1 aromatic carbocycles. The molecule has 3 amide bonds. The number of hydrogen-bond acceptors (Lipinski definition) is 2. The third-order valence-corrected chi connectivity index (χ3v) is 4.64.